The third-order valence-electron chi connectivity index (χ3n) is 6.71. The number of ether oxygens (including phenoxy) is 2. The van der Waals surface area contributed by atoms with E-state index in [-0.39, 0.29) is 18.1 Å². The van der Waals surface area contributed by atoms with E-state index >= 15 is 0 Å². The molecule has 1 fully saturated rings. The zero-order chi connectivity index (χ0) is 24.6. The highest BCUT2D eigenvalue weighted by Crippen LogP contribution is 2.51. The Morgan fingerprint density at radius 1 is 1.14 bits per heavy atom. The summed E-state index contributed by atoms with van der Waals surface area (Å²) in [5, 5.41) is 3.47. The molecule has 0 amide bonds. The van der Waals surface area contributed by atoms with Crippen molar-refractivity contribution in [1.29, 1.82) is 0 Å². The first-order chi connectivity index (χ1) is 16.8. The van der Waals surface area contributed by atoms with Crippen molar-refractivity contribution in [3.05, 3.63) is 65.2 Å². The summed E-state index contributed by atoms with van der Waals surface area (Å²) in [6, 6.07) is 13.7. The van der Waals surface area contributed by atoms with E-state index in [2.05, 4.69) is 14.1 Å². The minimum absolute atomic E-state index is 0.0125. The highest BCUT2D eigenvalue weighted by molar-refractivity contribution is 7.83. The molecule has 3 heterocycles. The van der Waals surface area contributed by atoms with E-state index in [1.165, 1.54) is 12.1 Å². The van der Waals surface area contributed by atoms with Crippen LogP contribution in [0.15, 0.2) is 57.3 Å². The number of hydrogen-bond donors (Lipinski definition) is 1. The number of fused-ring (bicyclic) bond motifs is 3. The molecular formula is C25H26F3N3O3S. The summed E-state index contributed by atoms with van der Waals surface area (Å²) in [5.41, 5.74) is 2.15. The zero-order valence-electron chi connectivity index (χ0n) is 19.1. The molecule has 0 aromatic heterocycles. The molecule has 3 aliphatic rings. The topological polar surface area (TPSA) is 72.3 Å². The van der Waals surface area contributed by atoms with Gasteiger partial charge in [0, 0.05) is 17.2 Å². The summed E-state index contributed by atoms with van der Waals surface area (Å²) in [6.07, 6.45) is -2.46. The van der Waals surface area contributed by atoms with Crippen LogP contribution in [0.1, 0.15) is 61.4 Å². The van der Waals surface area contributed by atoms with Crippen LogP contribution in [-0.4, -0.2) is 28.5 Å². The molecule has 0 radical (unpaired) electrons. The maximum absolute atomic E-state index is 13.5. The van der Waals surface area contributed by atoms with Crippen LogP contribution in [0.2, 0.25) is 0 Å². The van der Waals surface area contributed by atoms with Gasteiger partial charge in [-0.1, -0.05) is 30.3 Å². The van der Waals surface area contributed by atoms with Gasteiger partial charge in [-0.15, -0.1) is 4.40 Å². The van der Waals surface area contributed by atoms with Gasteiger partial charge in [0.1, 0.15) is 5.71 Å². The fourth-order valence-electron chi connectivity index (χ4n) is 5.11. The number of rotatable bonds is 5. The Labute approximate surface area is 204 Å². The van der Waals surface area contributed by atoms with Crippen LogP contribution in [0.5, 0.6) is 0 Å². The third kappa shape index (κ3) is 4.99. The Kier molecular flexibility index (Phi) is 6.67. The van der Waals surface area contributed by atoms with Gasteiger partial charge in [-0.05, 0) is 56.4 Å². The van der Waals surface area contributed by atoms with E-state index in [0.717, 1.165) is 24.5 Å². The van der Waals surface area contributed by atoms with Gasteiger partial charge in [0.05, 0.1) is 30.4 Å². The molecule has 0 bridgehead atoms. The lowest BCUT2D eigenvalue weighted by molar-refractivity contribution is -0.138. The number of nitrogens with one attached hydrogen (secondary N) is 1. The van der Waals surface area contributed by atoms with Crippen LogP contribution in [0.3, 0.4) is 0 Å². The molecule has 1 N–H and O–H groups in total. The number of alkyl halides is 3. The van der Waals surface area contributed by atoms with Gasteiger partial charge in [0.2, 0.25) is 5.90 Å². The van der Waals surface area contributed by atoms with Gasteiger partial charge >= 0.3 is 6.18 Å². The standard InChI is InChI=1S/C25H26F3N3O3S/c1-2-33-24-21(30-35(32)31-24)13-10-17-9-11-18-22(15-6-4-3-5-7-15)29-20-12-8-16(25(26,27)28)14-19(20)23(18)34-17/h3-8,12,14,17-18,22-23,29H,2,9-11,13H2,1H3/t17-,18+,22+,23+,35?/m1/s1. The minimum Gasteiger partial charge on any atom is -0.476 e. The van der Waals surface area contributed by atoms with Crippen LogP contribution < -0.4 is 5.32 Å². The monoisotopic (exact) mass is 505 g/mol. The molecule has 1 saturated heterocycles. The first-order valence-corrected chi connectivity index (χ1v) is 12.8. The maximum Gasteiger partial charge on any atom is 0.416 e. The average molecular weight is 506 g/mol. The Hall–Kier alpha value is -2.72. The molecule has 5 atom stereocenters. The van der Waals surface area contributed by atoms with Crippen LogP contribution >= 0.6 is 0 Å². The van der Waals surface area contributed by atoms with E-state index in [9.17, 15) is 17.4 Å². The number of benzene rings is 2. The van der Waals surface area contributed by atoms with Crippen LogP contribution in [0.25, 0.3) is 0 Å². The lowest BCUT2D eigenvalue weighted by atomic mass is 9.76. The quantitative estimate of drug-likeness (QED) is 0.545. The van der Waals surface area contributed by atoms with E-state index in [1.54, 1.807) is 0 Å². The van der Waals surface area contributed by atoms with Gasteiger partial charge in [-0.2, -0.15) is 17.6 Å². The van der Waals surface area contributed by atoms with E-state index in [1.807, 2.05) is 37.3 Å². The average Bonchev–Trinajstić information content (AvgIpc) is 3.20. The second kappa shape index (κ2) is 9.73. The van der Waals surface area contributed by atoms with Gasteiger partial charge < -0.3 is 14.8 Å². The van der Waals surface area contributed by atoms with Crippen LogP contribution in [-0.2, 0) is 26.8 Å². The lowest BCUT2D eigenvalue weighted by Gasteiger charge is -2.46. The summed E-state index contributed by atoms with van der Waals surface area (Å²) >= 11 is -1.67. The largest absolute Gasteiger partial charge is 0.476 e. The molecule has 3 aliphatic heterocycles. The molecule has 6 nitrogen and oxygen atoms in total. The van der Waals surface area contributed by atoms with Crippen molar-refractivity contribution in [1.82, 2.24) is 0 Å². The Morgan fingerprint density at radius 3 is 2.69 bits per heavy atom. The molecule has 35 heavy (non-hydrogen) atoms. The Morgan fingerprint density at radius 2 is 1.94 bits per heavy atom. The third-order valence-corrected chi connectivity index (χ3v) is 7.41. The van der Waals surface area contributed by atoms with Crippen molar-refractivity contribution in [3.63, 3.8) is 0 Å². The zero-order valence-corrected chi connectivity index (χ0v) is 19.9. The highest BCUT2D eigenvalue weighted by atomic mass is 32.2. The van der Waals surface area contributed by atoms with Gasteiger partial charge in [-0.3, -0.25) is 0 Å². The molecule has 1 unspecified atom stereocenters. The summed E-state index contributed by atoms with van der Waals surface area (Å²) in [7, 11) is 0. The number of halogens is 3. The van der Waals surface area contributed by atoms with Crippen molar-refractivity contribution in [3.8, 4) is 0 Å². The van der Waals surface area contributed by atoms with Crippen molar-refractivity contribution in [2.24, 2.45) is 14.7 Å². The summed E-state index contributed by atoms with van der Waals surface area (Å²) < 4.78 is 72.1. The van der Waals surface area contributed by atoms with Crippen molar-refractivity contribution in [2.45, 2.75) is 57.0 Å². The molecule has 0 aliphatic carbocycles. The van der Waals surface area contributed by atoms with E-state index < -0.39 is 29.0 Å². The van der Waals surface area contributed by atoms with Crippen LogP contribution in [0, 0.1) is 5.92 Å². The molecule has 186 valence electrons. The van der Waals surface area contributed by atoms with Gasteiger partial charge in [0.15, 0.2) is 0 Å². The predicted molar refractivity (Wildman–Crippen MR) is 128 cm³/mol. The molecule has 2 aromatic carbocycles. The van der Waals surface area contributed by atoms with Gasteiger partial charge in [0.25, 0.3) is 11.2 Å². The molecule has 5 rings (SSSR count). The fourth-order valence-corrected chi connectivity index (χ4v) is 5.81. The second-order valence-corrected chi connectivity index (χ2v) is 9.72. The highest BCUT2D eigenvalue weighted by Gasteiger charge is 2.43. The molecule has 10 heteroatoms. The van der Waals surface area contributed by atoms with Gasteiger partial charge in [-0.25, -0.2) is 4.21 Å². The first-order valence-electron chi connectivity index (χ1n) is 11.7. The molecular weight excluding hydrogens is 479 g/mol. The summed E-state index contributed by atoms with van der Waals surface area (Å²) in [5.74, 6) is 0.284. The fraction of sp³-hybridized carbons (Fsp3) is 0.440. The van der Waals surface area contributed by atoms with E-state index in [4.69, 9.17) is 9.47 Å². The second-order valence-electron chi connectivity index (χ2n) is 8.89. The molecule has 0 saturated carbocycles. The molecule has 2 aromatic rings. The normalized spacial score (nSPS) is 27.8. The minimum atomic E-state index is -4.43. The number of anilines is 1. The van der Waals surface area contributed by atoms with Crippen molar-refractivity contribution in [2.75, 3.05) is 11.9 Å². The van der Waals surface area contributed by atoms with Crippen molar-refractivity contribution >= 4 is 28.5 Å². The lowest BCUT2D eigenvalue weighted by Crippen LogP contribution is -2.39. The Balaban J connectivity index is 1.40. The summed E-state index contributed by atoms with van der Waals surface area (Å²) in [6.45, 7) is 2.21. The number of hydrogen-bond acceptors (Lipinski definition) is 4. The SMILES string of the molecule is CCOC1=NS(=O)N=C1CC[C@H]1CC[C@@H]2[C@H](O1)c1cc(C(F)(F)F)ccc1N[C@H]2c1ccccc1. The van der Waals surface area contributed by atoms with Crippen LogP contribution in [0.4, 0.5) is 18.9 Å². The van der Waals surface area contributed by atoms with Crippen molar-refractivity contribution < 1.29 is 26.9 Å². The molecule has 0 spiro atoms. The maximum atomic E-state index is 13.5. The smallest absolute Gasteiger partial charge is 0.416 e. The first kappa shape index (κ1) is 24.0. The Bertz CT molecular complexity index is 1170. The predicted octanol–water partition coefficient (Wildman–Crippen LogP) is 5.96. The summed E-state index contributed by atoms with van der Waals surface area (Å²) in [4.78, 5) is 0. The number of nitrogens with zero attached hydrogens (tertiary/aromatic N) is 2. The van der Waals surface area contributed by atoms with E-state index in [0.29, 0.717) is 42.3 Å².